The van der Waals surface area contributed by atoms with E-state index in [0.29, 0.717) is 13.0 Å². The van der Waals surface area contributed by atoms with Crippen LogP contribution in [-0.2, 0) is 4.79 Å². The fourth-order valence-corrected chi connectivity index (χ4v) is 1.88. The highest BCUT2D eigenvalue weighted by atomic mass is 16.4. The Morgan fingerprint density at radius 1 is 0.947 bits per heavy atom. The first-order valence-corrected chi connectivity index (χ1v) is 6.37. The zero-order valence-corrected chi connectivity index (χ0v) is 10.7. The molecule has 0 unspecified atom stereocenters. The van der Waals surface area contributed by atoms with Gasteiger partial charge in [-0.05, 0) is 29.7 Å². The number of aliphatic carboxylic acids is 1. The Morgan fingerprint density at radius 3 is 2.21 bits per heavy atom. The Kier molecular flexibility index (Phi) is 4.56. The van der Waals surface area contributed by atoms with Gasteiger partial charge in [0.05, 0.1) is 0 Å². The van der Waals surface area contributed by atoms with Gasteiger partial charge in [0, 0.05) is 18.7 Å². The fraction of sp³-hybridized carbons (Fsp3) is 0.188. The molecule has 0 fully saturated rings. The molecule has 2 rings (SSSR count). The van der Waals surface area contributed by atoms with Crippen LogP contribution in [-0.4, -0.2) is 17.6 Å². The minimum atomic E-state index is -0.749. The first-order valence-electron chi connectivity index (χ1n) is 6.37. The van der Waals surface area contributed by atoms with Crippen molar-refractivity contribution in [2.45, 2.75) is 12.8 Å². The summed E-state index contributed by atoms with van der Waals surface area (Å²) >= 11 is 0. The molecule has 0 atom stereocenters. The van der Waals surface area contributed by atoms with Crippen LogP contribution >= 0.6 is 0 Å². The van der Waals surface area contributed by atoms with Gasteiger partial charge in [0.1, 0.15) is 0 Å². The van der Waals surface area contributed by atoms with Crippen molar-refractivity contribution in [3.63, 3.8) is 0 Å². The lowest BCUT2D eigenvalue weighted by atomic mass is 10.1. The summed E-state index contributed by atoms with van der Waals surface area (Å²) in [5.41, 5.74) is 3.39. The molecule has 0 aliphatic heterocycles. The van der Waals surface area contributed by atoms with E-state index in [1.54, 1.807) is 0 Å². The van der Waals surface area contributed by atoms with Gasteiger partial charge < -0.3 is 10.4 Å². The molecular weight excluding hydrogens is 238 g/mol. The number of hydrogen-bond donors (Lipinski definition) is 2. The summed E-state index contributed by atoms with van der Waals surface area (Å²) in [5, 5.41) is 11.8. The topological polar surface area (TPSA) is 49.3 Å². The minimum Gasteiger partial charge on any atom is -0.481 e. The van der Waals surface area contributed by atoms with Crippen molar-refractivity contribution in [2.75, 3.05) is 11.9 Å². The quantitative estimate of drug-likeness (QED) is 0.775. The lowest BCUT2D eigenvalue weighted by Gasteiger charge is -2.07. The van der Waals surface area contributed by atoms with Crippen molar-refractivity contribution in [1.82, 2.24) is 0 Å². The Bertz CT molecular complexity index is 520. The van der Waals surface area contributed by atoms with Crippen molar-refractivity contribution in [2.24, 2.45) is 0 Å². The van der Waals surface area contributed by atoms with E-state index in [-0.39, 0.29) is 6.42 Å². The van der Waals surface area contributed by atoms with Gasteiger partial charge in [-0.1, -0.05) is 42.5 Å². The van der Waals surface area contributed by atoms with Crippen LogP contribution in [0.25, 0.3) is 11.1 Å². The van der Waals surface area contributed by atoms with Gasteiger partial charge in [-0.2, -0.15) is 0 Å². The van der Waals surface area contributed by atoms with Crippen LogP contribution in [0.1, 0.15) is 12.8 Å². The number of hydrogen-bond acceptors (Lipinski definition) is 2. The third-order valence-electron chi connectivity index (χ3n) is 2.89. The Balaban J connectivity index is 1.90. The van der Waals surface area contributed by atoms with Gasteiger partial charge in [0.15, 0.2) is 0 Å². The highest BCUT2D eigenvalue weighted by Gasteiger charge is 1.98. The number of carbonyl (C=O) groups is 1. The van der Waals surface area contributed by atoms with Gasteiger partial charge in [0.25, 0.3) is 0 Å². The van der Waals surface area contributed by atoms with E-state index >= 15 is 0 Å². The van der Waals surface area contributed by atoms with E-state index in [1.807, 2.05) is 30.3 Å². The summed E-state index contributed by atoms with van der Waals surface area (Å²) < 4.78 is 0. The first-order chi connectivity index (χ1) is 9.25. The molecule has 0 amide bonds. The fourth-order valence-electron chi connectivity index (χ4n) is 1.88. The second kappa shape index (κ2) is 6.59. The van der Waals surface area contributed by atoms with Crippen LogP contribution in [0.5, 0.6) is 0 Å². The van der Waals surface area contributed by atoms with Gasteiger partial charge >= 0.3 is 5.97 Å². The van der Waals surface area contributed by atoms with Crippen LogP contribution in [0.15, 0.2) is 54.6 Å². The van der Waals surface area contributed by atoms with Crippen LogP contribution in [0.4, 0.5) is 5.69 Å². The molecule has 0 aliphatic rings. The zero-order valence-electron chi connectivity index (χ0n) is 10.7. The second-order valence-electron chi connectivity index (χ2n) is 4.37. The molecule has 2 aromatic carbocycles. The lowest BCUT2D eigenvalue weighted by molar-refractivity contribution is -0.137. The number of carboxylic acid groups (broad SMARTS) is 1. The normalized spacial score (nSPS) is 10.1. The maximum absolute atomic E-state index is 10.4. The van der Waals surface area contributed by atoms with Crippen LogP contribution in [0.2, 0.25) is 0 Å². The van der Waals surface area contributed by atoms with E-state index in [1.165, 1.54) is 11.1 Å². The summed E-state index contributed by atoms with van der Waals surface area (Å²) in [4.78, 5) is 10.4. The number of nitrogens with one attached hydrogen (secondary N) is 1. The molecule has 2 N–H and O–H groups in total. The van der Waals surface area contributed by atoms with Gasteiger partial charge in [-0.3, -0.25) is 4.79 Å². The van der Waals surface area contributed by atoms with Crippen LogP contribution in [0.3, 0.4) is 0 Å². The smallest absolute Gasteiger partial charge is 0.303 e. The predicted octanol–water partition coefficient (Wildman–Crippen LogP) is 3.63. The summed E-state index contributed by atoms with van der Waals surface area (Å²) in [7, 11) is 0. The van der Waals surface area contributed by atoms with Crippen LogP contribution < -0.4 is 5.32 Å². The Hall–Kier alpha value is -2.29. The van der Waals surface area contributed by atoms with Crippen molar-refractivity contribution in [1.29, 1.82) is 0 Å². The molecule has 0 aromatic heterocycles. The molecule has 0 bridgehead atoms. The van der Waals surface area contributed by atoms with Crippen molar-refractivity contribution in [3.8, 4) is 11.1 Å². The molecular formula is C16H17NO2. The first kappa shape index (κ1) is 13.1. The molecule has 0 heterocycles. The average molecular weight is 255 g/mol. The monoisotopic (exact) mass is 255 g/mol. The molecule has 19 heavy (non-hydrogen) atoms. The molecule has 0 saturated carbocycles. The molecule has 3 heteroatoms. The Morgan fingerprint density at radius 2 is 1.58 bits per heavy atom. The zero-order chi connectivity index (χ0) is 13.5. The van der Waals surface area contributed by atoms with E-state index < -0.39 is 5.97 Å². The predicted molar refractivity (Wildman–Crippen MR) is 77.2 cm³/mol. The van der Waals surface area contributed by atoms with E-state index in [9.17, 15) is 4.79 Å². The van der Waals surface area contributed by atoms with Gasteiger partial charge in [-0.15, -0.1) is 0 Å². The number of carboxylic acids is 1. The highest BCUT2D eigenvalue weighted by molar-refractivity contribution is 5.67. The lowest BCUT2D eigenvalue weighted by Crippen LogP contribution is -2.04. The maximum atomic E-state index is 10.4. The van der Waals surface area contributed by atoms with E-state index in [2.05, 4.69) is 29.6 Å². The van der Waals surface area contributed by atoms with Crippen molar-refractivity contribution >= 4 is 11.7 Å². The summed E-state index contributed by atoms with van der Waals surface area (Å²) in [6.07, 6.45) is 0.838. The second-order valence-corrected chi connectivity index (χ2v) is 4.37. The molecule has 0 spiro atoms. The van der Waals surface area contributed by atoms with Crippen molar-refractivity contribution in [3.05, 3.63) is 54.6 Å². The summed E-state index contributed by atoms with van der Waals surface area (Å²) in [6, 6.07) is 18.4. The molecule has 2 aromatic rings. The molecule has 0 radical (unpaired) electrons. The number of benzene rings is 2. The van der Waals surface area contributed by atoms with E-state index in [4.69, 9.17) is 5.11 Å². The maximum Gasteiger partial charge on any atom is 0.303 e. The largest absolute Gasteiger partial charge is 0.481 e. The Labute approximate surface area is 112 Å². The standard InChI is InChI=1S/C16H17NO2/c18-16(19)7-4-12-17-15-10-8-14(9-11-15)13-5-2-1-3-6-13/h1-3,5-6,8-11,17H,4,7,12H2,(H,18,19). The number of rotatable bonds is 6. The molecule has 0 aliphatic carbocycles. The third-order valence-corrected chi connectivity index (χ3v) is 2.89. The summed E-state index contributed by atoms with van der Waals surface area (Å²) in [5.74, 6) is -0.749. The molecule has 3 nitrogen and oxygen atoms in total. The van der Waals surface area contributed by atoms with E-state index in [0.717, 1.165) is 5.69 Å². The highest BCUT2D eigenvalue weighted by Crippen LogP contribution is 2.20. The van der Waals surface area contributed by atoms with Gasteiger partial charge in [0.2, 0.25) is 0 Å². The third kappa shape index (κ3) is 4.14. The van der Waals surface area contributed by atoms with Crippen molar-refractivity contribution < 1.29 is 9.90 Å². The number of anilines is 1. The van der Waals surface area contributed by atoms with Gasteiger partial charge in [-0.25, -0.2) is 0 Å². The molecule has 0 saturated heterocycles. The minimum absolute atomic E-state index is 0.203. The summed E-state index contributed by atoms with van der Waals surface area (Å²) in [6.45, 7) is 0.678. The molecule has 98 valence electrons. The SMILES string of the molecule is O=C(O)CCCNc1ccc(-c2ccccc2)cc1. The van der Waals surface area contributed by atoms with Crippen LogP contribution in [0, 0.1) is 0 Å². The average Bonchev–Trinajstić information content (AvgIpc) is 2.45.